The van der Waals surface area contributed by atoms with Crippen LogP contribution in [0.4, 0.5) is 5.69 Å². The van der Waals surface area contributed by atoms with Crippen molar-refractivity contribution in [2.75, 3.05) is 45.6 Å². The summed E-state index contributed by atoms with van der Waals surface area (Å²) >= 11 is 0. The third-order valence-corrected chi connectivity index (χ3v) is 3.86. The largest absolute Gasteiger partial charge is 0.492 e. The van der Waals surface area contributed by atoms with Gasteiger partial charge in [-0.25, -0.2) is 0 Å². The quantitative estimate of drug-likeness (QED) is 0.833. The van der Waals surface area contributed by atoms with Crippen molar-refractivity contribution in [3.05, 3.63) is 23.8 Å². The molecular formula is C16H25N3O2. The fraction of sp³-hybridized carbons (Fsp3) is 0.562. The Morgan fingerprint density at radius 2 is 2.00 bits per heavy atom. The lowest BCUT2D eigenvalue weighted by Crippen LogP contribution is -2.47. The predicted octanol–water partition coefficient (Wildman–Crippen LogP) is 1.37. The zero-order chi connectivity index (χ0) is 15.2. The number of hydrogen-bond acceptors (Lipinski definition) is 4. The minimum atomic E-state index is 0.232. The summed E-state index contributed by atoms with van der Waals surface area (Å²) in [6.07, 6.45) is 1.26. The van der Waals surface area contributed by atoms with Gasteiger partial charge in [-0.15, -0.1) is 0 Å². The molecule has 0 aromatic heterocycles. The molecule has 1 aromatic rings. The van der Waals surface area contributed by atoms with Gasteiger partial charge in [0, 0.05) is 32.6 Å². The normalized spacial score (nSPS) is 16.0. The number of carbonyl (C=O) groups is 1. The lowest BCUT2D eigenvalue weighted by molar-refractivity contribution is -0.132. The number of likely N-dealkylation sites (N-methyl/N-ethyl adjacent to an activating group) is 1. The molecule has 0 atom stereocenters. The molecule has 5 nitrogen and oxygen atoms in total. The first-order chi connectivity index (χ1) is 10.1. The SMILES string of the molecule is CCOc1ccc(CCC(=O)N2CCN(C)CC2)cc1N. The highest BCUT2D eigenvalue weighted by Gasteiger charge is 2.18. The molecule has 21 heavy (non-hydrogen) atoms. The third kappa shape index (κ3) is 4.36. The fourth-order valence-electron chi connectivity index (χ4n) is 2.51. The summed E-state index contributed by atoms with van der Waals surface area (Å²) in [5.41, 5.74) is 7.67. The molecule has 1 amide bonds. The number of carbonyl (C=O) groups excluding carboxylic acids is 1. The Bertz CT molecular complexity index is 482. The minimum Gasteiger partial charge on any atom is -0.492 e. The van der Waals surface area contributed by atoms with Crippen molar-refractivity contribution in [2.24, 2.45) is 0 Å². The van der Waals surface area contributed by atoms with Gasteiger partial charge < -0.3 is 20.3 Å². The second-order valence-electron chi connectivity index (χ2n) is 5.49. The highest BCUT2D eigenvalue weighted by atomic mass is 16.5. The Morgan fingerprint density at radius 3 is 2.62 bits per heavy atom. The van der Waals surface area contributed by atoms with Gasteiger partial charge in [0.25, 0.3) is 0 Å². The van der Waals surface area contributed by atoms with Crippen LogP contribution in [0, 0.1) is 0 Å². The van der Waals surface area contributed by atoms with Crippen molar-refractivity contribution in [2.45, 2.75) is 19.8 Å². The van der Waals surface area contributed by atoms with Crippen LogP contribution in [0.2, 0.25) is 0 Å². The molecular weight excluding hydrogens is 266 g/mol. The van der Waals surface area contributed by atoms with Crippen molar-refractivity contribution in [1.82, 2.24) is 9.80 Å². The summed E-state index contributed by atoms with van der Waals surface area (Å²) in [4.78, 5) is 16.4. The predicted molar refractivity (Wildman–Crippen MR) is 84.4 cm³/mol. The Morgan fingerprint density at radius 1 is 1.29 bits per heavy atom. The first-order valence-electron chi connectivity index (χ1n) is 7.57. The maximum absolute atomic E-state index is 12.2. The molecule has 1 aliphatic heterocycles. The van der Waals surface area contributed by atoms with Gasteiger partial charge in [-0.2, -0.15) is 0 Å². The van der Waals surface area contributed by atoms with Crippen molar-refractivity contribution < 1.29 is 9.53 Å². The van der Waals surface area contributed by atoms with Gasteiger partial charge in [0.2, 0.25) is 5.91 Å². The molecule has 1 aromatic carbocycles. The summed E-state index contributed by atoms with van der Waals surface area (Å²) in [5.74, 6) is 0.946. The van der Waals surface area contributed by atoms with Gasteiger partial charge in [0.15, 0.2) is 0 Å². The number of nitrogens with two attached hydrogens (primary N) is 1. The van der Waals surface area contributed by atoms with Crippen LogP contribution in [-0.4, -0.2) is 55.5 Å². The molecule has 2 N–H and O–H groups in total. The van der Waals surface area contributed by atoms with E-state index < -0.39 is 0 Å². The molecule has 0 aliphatic carbocycles. The lowest BCUT2D eigenvalue weighted by Gasteiger charge is -2.32. The molecule has 0 radical (unpaired) electrons. The van der Waals surface area contributed by atoms with Gasteiger partial charge in [0.1, 0.15) is 5.75 Å². The summed E-state index contributed by atoms with van der Waals surface area (Å²) in [6.45, 7) is 6.12. The average Bonchev–Trinajstić information content (AvgIpc) is 2.48. The first-order valence-corrected chi connectivity index (χ1v) is 7.57. The smallest absolute Gasteiger partial charge is 0.222 e. The van der Waals surface area contributed by atoms with Gasteiger partial charge in [-0.05, 0) is 38.1 Å². The van der Waals surface area contributed by atoms with Crippen LogP contribution in [0.15, 0.2) is 18.2 Å². The van der Waals surface area contributed by atoms with Gasteiger partial charge in [0.05, 0.1) is 12.3 Å². The number of ether oxygens (including phenoxy) is 1. The van der Waals surface area contributed by atoms with Crippen LogP contribution in [0.3, 0.4) is 0 Å². The molecule has 0 unspecified atom stereocenters. The van der Waals surface area contributed by atoms with Crippen molar-refractivity contribution in [3.8, 4) is 5.75 Å². The number of hydrogen-bond donors (Lipinski definition) is 1. The Balaban J connectivity index is 1.85. The number of nitrogen functional groups attached to an aromatic ring is 1. The number of aryl methyl sites for hydroxylation is 1. The van der Waals surface area contributed by atoms with E-state index in [1.54, 1.807) is 0 Å². The van der Waals surface area contributed by atoms with E-state index in [1.165, 1.54) is 0 Å². The second-order valence-corrected chi connectivity index (χ2v) is 5.49. The molecule has 1 saturated heterocycles. The summed E-state index contributed by atoms with van der Waals surface area (Å²) < 4.78 is 5.42. The molecule has 5 heteroatoms. The van der Waals surface area contributed by atoms with E-state index in [4.69, 9.17) is 10.5 Å². The molecule has 2 rings (SSSR count). The number of benzene rings is 1. The van der Waals surface area contributed by atoms with E-state index >= 15 is 0 Å². The molecule has 1 fully saturated rings. The Hall–Kier alpha value is -1.75. The van der Waals surface area contributed by atoms with Gasteiger partial charge >= 0.3 is 0 Å². The molecule has 1 aliphatic rings. The number of piperazine rings is 1. The second kappa shape index (κ2) is 7.31. The van der Waals surface area contributed by atoms with E-state index in [1.807, 2.05) is 30.0 Å². The molecule has 0 saturated carbocycles. The van der Waals surface area contributed by atoms with Gasteiger partial charge in [-0.3, -0.25) is 4.79 Å². The zero-order valence-electron chi connectivity index (χ0n) is 13.0. The summed E-state index contributed by atoms with van der Waals surface area (Å²) in [6, 6.07) is 5.77. The standard InChI is InChI=1S/C16H25N3O2/c1-3-21-15-6-4-13(12-14(15)17)5-7-16(20)19-10-8-18(2)9-11-19/h4,6,12H,3,5,7-11,17H2,1-2H3. The number of anilines is 1. The van der Waals surface area contributed by atoms with Crippen molar-refractivity contribution in [1.29, 1.82) is 0 Å². The fourth-order valence-corrected chi connectivity index (χ4v) is 2.51. The Labute approximate surface area is 126 Å². The molecule has 0 bridgehead atoms. The third-order valence-electron chi connectivity index (χ3n) is 3.86. The molecule has 116 valence electrons. The molecule has 1 heterocycles. The maximum Gasteiger partial charge on any atom is 0.222 e. The van der Waals surface area contributed by atoms with Crippen LogP contribution in [0.1, 0.15) is 18.9 Å². The van der Waals surface area contributed by atoms with Crippen LogP contribution in [-0.2, 0) is 11.2 Å². The van der Waals surface area contributed by atoms with Gasteiger partial charge in [-0.1, -0.05) is 6.07 Å². The Kier molecular flexibility index (Phi) is 5.44. The topological polar surface area (TPSA) is 58.8 Å². The van der Waals surface area contributed by atoms with E-state index in [0.29, 0.717) is 24.5 Å². The number of rotatable bonds is 5. The number of nitrogens with zero attached hydrogens (tertiary/aromatic N) is 2. The van der Waals surface area contributed by atoms with E-state index in [0.717, 1.165) is 38.2 Å². The van der Waals surface area contributed by atoms with E-state index in [-0.39, 0.29) is 5.91 Å². The lowest BCUT2D eigenvalue weighted by atomic mass is 10.1. The summed E-state index contributed by atoms with van der Waals surface area (Å²) in [7, 11) is 2.09. The number of amides is 1. The van der Waals surface area contributed by atoms with Crippen molar-refractivity contribution >= 4 is 11.6 Å². The average molecular weight is 291 g/mol. The zero-order valence-corrected chi connectivity index (χ0v) is 13.0. The van der Waals surface area contributed by atoms with E-state index in [9.17, 15) is 4.79 Å². The van der Waals surface area contributed by atoms with Crippen LogP contribution >= 0.6 is 0 Å². The minimum absolute atomic E-state index is 0.232. The van der Waals surface area contributed by atoms with Crippen LogP contribution in [0.5, 0.6) is 5.75 Å². The van der Waals surface area contributed by atoms with Crippen molar-refractivity contribution in [3.63, 3.8) is 0 Å². The highest BCUT2D eigenvalue weighted by Crippen LogP contribution is 2.23. The van der Waals surface area contributed by atoms with Crippen LogP contribution < -0.4 is 10.5 Å². The first kappa shape index (κ1) is 15.6. The monoisotopic (exact) mass is 291 g/mol. The highest BCUT2D eigenvalue weighted by molar-refractivity contribution is 5.76. The molecule has 0 spiro atoms. The maximum atomic E-state index is 12.2. The van der Waals surface area contributed by atoms with Crippen LogP contribution in [0.25, 0.3) is 0 Å². The van der Waals surface area contributed by atoms with E-state index in [2.05, 4.69) is 11.9 Å². The summed E-state index contributed by atoms with van der Waals surface area (Å²) in [5, 5.41) is 0.